The number of rotatable bonds is 25. The molecule has 0 spiro atoms. The first kappa shape index (κ1) is 39.4. The zero-order chi connectivity index (χ0) is 31.5. The van der Waals surface area contributed by atoms with Gasteiger partial charge in [0.1, 0.15) is 19.8 Å². The molecule has 0 aromatic heterocycles. The molecule has 14 nitrogen and oxygen atoms in total. The summed E-state index contributed by atoms with van der Waals surface area (Å²) in [6.07, 6.45) is 10.8. The molecule has 0 aliphatic rings. The standard InChI is InChI=1S/C27H52N3O11P/c1-5-7-9-11-13-15-17-36-26(32)38-19-21-40-42(34,29-25(28)30(3)23-24(31)35-4)41-22-20-39-27(33)37-18-16-14-12-10-8-6-2/h5-23H2,1-4H3,(H2,28,29,34). The van der Waals surface area contributed by atoms with Crippen molar-refractivity contribution in [1.82, 2.24) is 4.90 Å². The number of methoxy groups -OCH3 is 1. The molecule has 0 aromatic rings. The van der Waals surface area contributed by atoms with Crippen molar-refractivity contribution in [3.63, 3.8) is 0 Å². The van der Waals surface area contributed by atoms with Gasteiger partial charge in [0.25, 0.3) is 0 Å². The van der Waals surface area contributed by atoms with E-state index in [-0.39, 0.29) is 52.1 Å². The predicted octanol–water partition coefficient (Wildman–Crippen LogP) is 5.57. The smallest absolute Gasteiger partial charge is 0.468 e. The lowest BCUT2D eigenvalue weighted by molar-refractivity contribution is -0.140. The Morgan fingerprint density at radius 2 is 1.07 bits per heavy atom. The fourth-order valence-corrected chi connectivity index (χ4v) is 4.55. The highest BCUT2D eigenvalue weighted by molar-refractivity contribution is 7.52. The molecule has 0 saturated heterocycles. The monoisotopic (exact) mass is 625 g/mol. The van der Waals surface area contributed by atoms with Crippen LogP contribution in [0.4, 0.5) is 9.59 Å². The average molecular weight is 626 g/mol. The normalized spacial score (nSPS) is 11.6. The van der Waals surface area contributed by atoms with Crippen LogP contribution in [0.5, 0.6) is 0 Å². The molecule has 0 atom stereocenters. The van der Waals surface area contributed by atoms with Crippen LogP contribution in [0.25, 0.3) is 0 Å². The summed E-state index contributed by atoms with van der Waals surface area (Å²) in [5.74, 6) is -0.935. The molecule has 0 aromatic carbocycles. The second-order valence-corrected chi connectivity index (χ2v) is 11.1. The lowest BCUT2D eigenvalue weighted by Gasteiger charge is -2.19. The summed E-state index contributed by atoms with van der Waals surface area (Å²) >= 11 is 0. The minimum absolute atomic E-state index is 0.238. The molecule has 42 heavy (non-hydrogen) atoms. The van der Waals surface area contributed by atoms with Gasteiger partial charge in [-0.05, 0) is 12.8 Å². The Labute approximate surface area is 250 Å². The van der Waals surface area contributed by atoms with Crippen molar-refractivity contribution < 1.29 is 51.7 Å². The maximum absolute atomic E-state index is 13.2. The summed E-state index contributed by atoms with van der Waals surface area (Å²) in [6.45, 7) is 3.18. The van der Waals surface area contributed by atoms with Crippen LogP contribution in [-0.4, -0.2) is 89.5 Å². The molecule has 246 valence electrons. The van der Waals surface area contributed by atoms with E-state index in [2.05, 4.69) is 23.3 Å². The van der Waals surface area contributed by atoms with Gasteiger partial charge < -0.3 is 34.3 Å². The largest absolute Gasteiger partial charge is 0.508 e. The Hall–Kier alpha value is -2.57. The van der Waals surface area contributed by atoms with Crippen LogP contribution in [0.3, 0.4) is 0 Å². The first-order chi connectivity index (χ1) is 20.2. The van der Waals surface area contributed by atoms with Crippen LogP contribution in [-0.2, 0) is 42.1 Å². The molecule has 0 heterocycles. The lowest BCUT2D eigenvalue weighted by Crippen LogP contribution is -2.38. The third-order valence-corrected chi connectivity index (χ3v) is 7.23. The topological polar surface area (TPSA) is 175 Å². The summed E-state index contributed by atoms with van der Waals surface area (Å²) in [6, 6.07) is 0. The minimum atomic E-state index is -4.28. The second kappa shape index (κ2) is 26.1. The maximum atomic E-state index is 13.2. The number of hydrogen-bond donors (Lipinski definition) is 1. The number of hydrogen-bond acceptors (Lipinski definition) is 11. The van der Waals surface area contributed by atoms with Gasteiger partial charge in [0, 0.05) is 7.05 Å². The van der Waals surface area contributed by atoms with Crippen LogP contribution in [0.15, 0.2) is 4.76 Å². The number of likely N-dealkylation sites (N-methyl/N-ethyl adjacent to an activating group) is 1. The van der Waals surface area contributed by atoms with E-state index in [9.17, 15) is 18.9 Å². The Balaban J connectivity index is 4.64. The molecule has 0 radical (unpaired) electrons. The molecule has 0 aliphatic carbocycles. The van der Waals surface area contributed by atoms with Gasteiger partial charge in [-0.2, -0.15) is 0 Å². The summed E-state index contributed by atoms with van der Waals surface area (Å²) in [4.78, 5) is 36.2. The number of carbonyl (C=O) groups is 3. The van der Waals surface area contributed by atoms with Crippen molar-refractivity contribution in [3.8, 4) is 0 Å². The Morgan fingerprint density at radius 3 is 1.50 bits per heavy atom. The molecule has 0 fully saturated rings. The molecule has 2 N–H and O–H groups in total. The second-order valence-electron chi connectivity index (χ2n) is 9.45. The molecule has 0 amide bonds. The number of carbonyl (C=O) groups excluding carboxylic acids is 3. The van der Waals surface area contributed by atoms with Crippen LogP contribution < -0.4 is 5.73 Å². The summed E-state index contributed by atoms with van der Waals surface area (Å²) in [5, 5.41) is 0. The van der Waals surface area contributed by atoms with Crippen LogP contribution in [0.1, 0.15) is 90.9 Å². The van der Waals surface area contributed by atoms with E-state index in [4.69, 9.17) is 33.7 Å². The van der Waals surface area contributed by atoms with Crippen molar-refractivity contribution in [2.75, 3.05) is 60.3 Å². The first-order valence-electron chi connectivity index (χ1n) is 14.8. The molecule has 0 saturated carbocycles. The van der Waals surface area contributed by atoms with Crippen molar-refractivity contribution in [2.24, 2.45) is 10.5 Å². The zero-order valence-electron chi connectivity index (χ0n) is 25.8. The average Bonchev–Trinajstić information content (AvgIpc) is 2.96. The summed E-state index contributed by atoms with van der Waals surface area (Å²) in [7, 11) is -1.65. The van der Waals surface area contributed by atoms with E-state index in [1.54, 1.807) is 0 Å². The van der Waals surface area contributed by atoms with Crippen LogP contribution in [0, 0.1) is 0 Å². The van der Waals surface area contributed by atoms with Crippen LogP contribution >= 0.6 is 7.75 Å². The van der Waals surface area contributed by atoms with Crippen molar-refractivity contribution in [1.29, 1.82) is 0 Å². The highest BCUT2D eigenvalue weighted by Gasteiger charge is 2.27. The Morgan fingerprint density at radius 1 is 0.667 bits per heavy atom. The van der Waals surface area contributed by atoms with Gasteiger partial charge in [0.2, 0.25) is 5.96 Å². The fourth-order valence-electron chi connectivity index (χ4n) is 3.35. The highest BCUT2D eigenvalue weighted by atomic mass is 31.2. The van der Waals surface area contributed by atoms with Crippen LogP contribution in [0.2, 0.25) is 0 Å². The molecule has 0 rings (SSSR count). The van der Waals surface area contributed by atoms with E-state index >= 15 is 0 Å². The third kappa shape index (κ3) is 23.0. The molecule has 15 heteroatoms. The maximum Gasteiger partial charge on any atom is 0.508 e. The third-order valence-electron chi connectivity index (χ3n) is 5.76. The minimum Gasteiger partial charge on any atom is -0.468 e. The zero-order valence-corrected chi connectivity index (χ0v) is 26.7. The van der Waals surface area contributed by atoms with Gasteiger partial charge in [-0.1, -0.05) is 78.1 Å². The lowest BCUT2D eigenvalue weighted by atomic mass is 10.1. The molecular weight excluding hydrogens is 573 g/mol. The number of unbranched alkanes of at least 4 members (excludes halogenated alkanes) is 10. The van der Waals surface area contributed by atoms with E-state index in [0.29, 0.717) is 0 Å². The van der Waals surface area contributed by atoms with Gasteiger partial charge in [0.05, 0.1) is 33.5 Å². The fraction of sp³-hybridized carbons (Fsp3) is 0.852. The number of nitrogens with two attached hydrogens (primary N) is 1. The SMILES string of the molecule is CCCCCCCCOC(=O)OCCOP(=O)(/N=C(\N)N(C)CC(=O)OC)OCCOC(=O)OCCCCCCCC. The molecular formula is C27H52N3O11P. The summed E-state index contributed by atoms with van der Waals surface area (Å²) in [5.41, 5.74) is 5.85. The van der Waals surface area contributed by atoms with Crippen molar-refractivity contribution in [3.05, 3.63) is 0 Å². The van der Waals surface area contributed by atoms with Gasteiger partial charge >= 0.3 is 26.0 Å². The van der Waals surface area contributed by atoms with Crippen molar-refractivity contribution >= 4 is 32.0 Å². The highest BCUT2D eigenvalue weighted by Crippen LogP contribution is 2.49. The van der Waals surface area contributed by atoms with Crippen molar-refractivity contribution in [2.45, 2.75) is 90.9 Å². The molecule has 0 bridgehead atoms. The number of ether oxygens (including phenoxy) is 5. The van der Waals surface area contributed by atoms with Gasteiger partial charge in [-0.3, -0.25) is 13.8 Å². The number of nitrogens with zero attached hydrogens (tertiary/aromatic N) is 2. The van der Waals surface area contributed by atoms with E-state index in [1.807, 2.05) is 0 Å². The quantitative estimate of drug-likeness (QED) is 0.0333. The summed E-state index contributed by atoms with van der Waals surface area (Å²) < 4.78 is 52.0. The van der Waals surface area contributed by atoms with E-state index in [0.717, 1.165) is 64.2 Å². The number of guanidine groups is 1. The van der Waals surface area contributed by atoms with E-state index < -0.39 is 26.0 Å². The van der Waals surface area contributed by atoms with Gasteiger partial charge in [-0.25, -0.2) is 14.2 Å². The van der Waals surface area contributed by atoms with E-state index in [1.165, 1.54) is 31.9 Å². The molecule has 0 aliphatic heterocycles. The van der Waals surface area contributed by atoms with Gasteiger partial charge in [-0.15, -0.1) is 4.76 Å². The Bertz CT molecular complexity index is 772. The Kier molecular flexibility index (Phi) is 24.5. The predicted molar refractivity (Wildman–Crippen MR) is 157 cm³/mol. The molecule has 0 unspecified atom stereocenters. The first-order valence-corrected chi connectivity index (χ1v) is 16.3. The van der Waals surface area contributed by atoms with Gasteiger partial charge in [0.15, 0.2) is 0 Å². The number of esters is 1.